The van der Waals surface area contributed by atoms with Gasteiger partial charge in [-0.05, 0) is 31.2 Å². The van der Waals surface area contributed by atoms with Crippen molar-refractivity contribution in [1.29, 1.82) is 0 Å². The molecule has 1 rings (SSSR count). The van der Waals surface area contributed by atoms with E-state index in [2.05, 4.69) is 0 Å². The first-order chi connectivity index (χ1) is 8.77. The third-order valence-electron chi connectivity index (χ3n) is 2.38. The second kappa shape index (κ2) is 5.70. The van der Waals surface area contributed by atoms with Crippen molar-refractivity contribution in [2.45, 2.75) is 6.92 Å². The highest BCUT2D eigenvalue weighted by Crippen LogP contribution is 2.19. The van der Waals surface area contributed by atoms with Crippen molar-refractivity contribution >= 4 is 27.6 Å². The van der Waals surface area contributed by atoms with Crippen LogP contribution in [-0.4, -0.2) is 42.9 Å². The minimum absolute atomic E-state index is 0.00655. The van der Waals surface area contributed by atoms with Crippen LogP contribution < -0.4 is 4.31 Å². The first-order valence-corrected chi connectivity index (χ1v) is 6.94. The smallest absolute Gasteiger partial charge is 0.335 e. The molecule has 0 aromatic heterocycles. The van der Waals surface area contributed by atoms with Crippen molar-refractivity contribution < 1.29 is 28.2 Å². The summed E-state index contributed by atoms with van der Waals surface area (Å²) in [6.07, 6.45) is 0. The molecule has 0 radical (unpaired) electrons. The summed E-state index contributed by atoms with van der Waals surface area (Å²) >= 11 is 0. The lowest BCUT2D eigenvalue weighted by molar-refractivity contribution is -0.135. The highest BCUT2D eigenvalue weighted by molar-refractivity contribution is 7.92. The molecule has 0 unspecified atom stereocenters. The lowest BCUT2D eigenvalue weighted by Crippen LogP contribution is -2.36. The molecule has 104 valence electrons. The zero-order valence-corrected chi connectivity index (χ0v) is 10.9. The Labute approximate surface area is 110 Å². The van der Waals surface area contributed by atoms with E-state index < -0.39 is 28.5 Å². The predicted octanol–water partition coefficient (Wildman–Crippen LogP) is 0.625. The first kappa shape index (κ1) is 15.0. The molecule has 19 heavy (non-hydrogen) atoms. The van der Waals surface area contributed by atoms with Crippen LogP contribution in [0.3, 0.4) is 0 Å². The predicted molar refractivity (Wildman–Crippen MR) is 67.8 cm³/mol. The topological polar surface area (TPSA) is 112 Å². The monoisotopic (exact) mass is 287 g/mol. The van der Waals surface area contributed by atoms with E-state index in [0.29, 0.717) is 0 Å². The Bertz CT molecular complexity index is 578. The number of carbonyl (C=O) groups is 2. The van der Waals surface area contributed by atoms with Gasteiger partial charge in [0.25, 0.3) is 0 Å². The molecule has 0 heterocycles. The Balaban J connectivity index is 3.18. The van der Waals surface area contributed by atoms with Gasteiger partial charge in [0.2, 0.25) is 10.0 Å². The van der Waals surface area contributed by atoms with Crippen LogP contribution in [0.4, 0.5) is 5.69 Å². The number of aliphatic carboxylic acids is 1. The van der Waals surface area contributed by atoms with Crippen LogP contribution in [0.25, 0.3) is 0 Å². The van der Waals surface area contributed by atoms with E-state index in [1.165, 1.54) is 31.2 Å². The number of anilines is 1. The van der Waals surface area contributed by atoms with Gasteiger partial charge in [0.05, 0.1) is 17.0 Å². The molecule has 0 aliphatic carbocycles. The fourth-order valence-electron chi connectivity index (χ4n) is 1.40. The summed E-state index contributed by atoms with van der Waals surface area (Å²) in [4.78, 5) is 21.4. The van der Waals surface area contributed by atoms with Crippen molar-refractivity contribution in [2.75, 3.05) is 16.6 Å². The lowest BCUT2D eigenvalue weighted by atomic mass is 10.2. The van der Waals surface area contributed by atoms with E-state index in [4.69, 9.17) is 10.2 Å². The zero-order valence-electron chi connectivity index (χ0n) is 10.1. The third-order valence-corrected chi connectivity index (χ3v) is 4.12. The molecule has 0 saturated carbocycles. The van der Waals surface area contributed by atoms with Gasteiger partial charge in [-0.15, -0.1) is 0 Å². The summed E-state index contributed by atoms with van der Waals surface area (Å²) in [5.41, 5.74) is 0.113. The minimum Gasteiger partial charge on any atom is -0.480 e. The number of aromatic carboxylic acids is 1. The fourth-order valence-corrected chi connectivity index (χ4v) is 2.46. The average Bonchev–Trinajstić information content (AvgIpc) is 2.35. The quantitative estimate of drug-likeness (QED) is 0.793. The summed E-state index contributed by atoms with van der Waals surface area (Å²) in [6, 6.07) is 4.97. The maximum atomic E-state index is 11.8. The van der Waals surface area contributed by atoms with E-state index in [1.54, 1.807) is 0 Å². The highest BCUT2D eigenvalue weighted by atomic mass is 32.2. The molecule has 8 heteroatoms. The molecule has 0 fully saturated rings. The molecule has 0 atom stereocenters. The summed E-state index contributed by atoms with van der Waals surface area (Å²) in [5, 5.41) is 17.5. The van der Waals surface area contributed by atoms with E-state index in [1.807, 2.05) is 0 Å². The molecule has 0 saturated heterocycles. The minimum atomic E-state index is -3.74. The molecule has 1 aromatic carbocycles. The molecule has 2 N–H and O–H groups in total. The van der Waals surface area contributed by atoms with Gasteiger partial charge in [-0.3, -0.25) is 9.10 Å². The number of carboxylic acid groups (broad SMARTS) is 2. The van der Waals surface area contributed by atoms with Crippen LogP contribution in [0.1, 0.15) is 17.3 Å². The summed E-state index contributed by atoms with van der Waals surface area (Å²) in [5.74, 6) is -2.69. The largest absolute Gasteiger partial charge is 0.480 e. The SMILES string of the molecule is CCS(=O)(=O)N(CC(=O)O)c1ccc(C(=O)O)cc1. The molecule has 0 bridgehead atoms. The number of sulfonamides is 1. The number of benzene rings is 1. The van der Waals surface area contributed by atoms with Crippen molar-refractivity contribution in [3.63, 3.8) is 0 Å². The Morgan fingerprint density at radius 2 is 1.68 bits per heavy atom. The van der Waals surface area contributed by atoms with E-state index >= 15 is 0 Å². The summed E-state index contributed by atoms with van der Waals surface area (Å²) in [7, 11) is -3.74. The van der Waals surface area contributed by atoms with Gasteiger partial charge in [0.15, 0.2) is 0 Å². The Kier molecular flexibility index (Phi) is 4.49. The molecule has 7 nitrogen and oxygen atoms in total. The molecule has 1 aromatic rings. The van der Waals surface area contributed by atoms with Crippen LogP contribution >= 0.6 is 0 Å². The second-order valence-electron chi connectivity index (χ2n) is 3.65. The third kappa shape index (κ3) is 3.68. The Hall–Kier alpha value is -2.09. The lowest BCUT2D eigenvalue weighted by Gasteiger charge is -2.21. The summed E-state index contributed by atoms with van der Waals surface area (Å²) in [6.45, 7) is 0.693. The van der Waals surface area contributed by atoms with Gasteiger partial charge >= 0.3 is 11.9 Å². The average molecular weight is 287 g/mol. The summed E-state index contributed by atoms with van der Waals surface area (Å²) < 4.78 is 24.3. The number of hydrogen-bond acceptors (Lipinski definition) is 4. The van der Waals surface area contributed by atoms with E-state index in [9.17, 15) is 18.0 Å². The van der Waals surface area contributed by atoms with Crippen LogP contribution in [-0.2, 0) is 14.8 Å². The van der Waals surface area contributed by atoms with Crippen LogP contribution in [0.5, 0.6) is 0 Å². The molecule has 0 spiro atoms. The van der Waals surface area contributed by atoms with Gasteiger partial charge in [0.1, 0.15) is 6.54 Å². The number of carboxylic acids is 2. The van der Waals surface area contributed by atoms with E-state index in [-0.39, 0.29) is 17.0 Å². The van der Waals surface area contributed by atoms with Gasteiger partial charge < -0.3 is 10.2 Å². The van der Waals surface area contributed by atoms with Gasteiger partial charge in [-0.25, -0.2) is 13.2 Å². The van der Waals surface area contributed by atoms with Gasteiger partial charge in [0, 0.05) is 0 Å². The van der Waals surface area contributed by atoms with Crippen molar-refractivity contribution in [1.82, 2.24) is 0 Å². The van der Waals surface area contributed by atoms with Gasteiger partial charge in [-0.1, -0.05) is 0 Å². The maximum absolute atomic E-state index is 11.8. The Morgan fingerprint density at radius 1 is 1.16 bits per heavy atom. The standard InChI is InChI=1S/C11H13NO6S/c1-2-19(17,18)12(7-10(13)14)9-5-3-8(4-6-9)11(15)16/h3-6H,2,7H2,1H3,(H,13,14)(H,15,16). The van der Waals surface area contributed by atoms with Crippen molar-refractivity contribution in [2.24, 2.45) is 0 Å². The molecule has 0 aliphatic rings. The molecule has 0 amide bonds. The first-order valence-electron chi connectivity index (χ1n) is 5.33. The maximum Gasteiger partial charge on any atom is 0.335 e. The number of nitrogens with zero attached hydrogens (tertiary/aromatic N) is 1. The fraction of sp³-hybridized carbons (Fsp3) is 0.273. The van der Waals surface area contributed by atoms with Crippen LogP contribution in [0, 0.1) is 0 Å². The number of hydrogen-bond donors (Lipinski definition) is 2. The molecular formula is C11H13NO6S. The normalized spacial score (nSPS) is 11.0. The Morgan fingerprint density at radius 3 is 2.05 bits per heavy atom. The van der Waals surface area contributed by atoms with E-state index in [0.717, 1.165) is 4.31 Å². The molecule has 0 aliphatic heterocycles. The molecular weight excluding hydrogens is 274 g/mol. The van der Waals surface area contributed by atoms with Crippen molar-refractivity contribution in [3.05, 3.63) is 29.8 Å². The van der Waals surface area contributed by atoms with Crippen molar-refractivity contribution in [3.8, 4) is 0 Å². The van der Waals surface area contributed by atoms with Crippen LogP contribution in [0.15, 0.2) is 24.3 Å². The van der Waals surface area contributed by atoms with Gasteiger partial charge in [-0.2, -0.15) is 0 Å². The second-order valence-corrected chi connectivity index (χ2v) is 5.83. The zero-order chi connectivity index (χ0) is 14.6. The van der Waals surface area contributed by atoms with Crippen LogP contribution in [0.2, 0.25) is 0 Å². The number of rotatable bonds is 6. The highest BCUT2D eigenvalue weighted by Gasteiger charge is 2.23.